The predicted octanol–water partition coefficient (Wildman–Crippen LogP) is 4.70. The van der Waals surface area contributed by atoms with Crippen molar-refractivity contribution >= 4 is 11.8 Å². The van der Waals surface area contributed by atoms with Crippen LogP contribution in [0.15, 0.2) is 72.9 Å². The summed E-state index contributed by atoms with van der Waals surface area (Å²) in [4.78, 5) is 27.8. The second-order valence-electron chi connectivity index (χ2n) is 9.50. The Balaban J connectivity index is 2.05. The van der Waals surface area contributed by atoms with Gasteiger partial charge < -0.3 is 15.8 Å². The van der Waals surface area contributed by atoms with E-state index in [1.165, 1.54) is 0 Å². The van der Waals surface area contributed by atoms with E-state index in [9.17, 15) is 9.59 Å². The minimum Gasteiger partial charge on any atom is -0.379 e. The van der Waals surface area contributed by atoms with Gasteiger partial charge in [-0.1, -0.05) is 79.8 Å². The summed E-state index contributed by atoms with van der Waals surface area (Å²) in [5.74, 6) is -0.317. The molecule has 0 aromatic carbocycles. The number of nitrogens with one attached hydrogen (secondary N) is 1. The van der Waals surface area contributed by atoms with Gasteiger partial charge in [-0.15, -0.1) is 0 Å². The molecular formula is C32H52N4O3. The van der Waals surface area contributed by atoms with Crippen LogP contribution in [0.2, 0.25) is 0 Å². The molecule has 0 spiro atoms. The lowest BCUT2D eigenvalue weighted by molar-refractivity contribution is -0.121. The fourth-order valence-electron chi connectivity index (χ4n) is 3.89. The van der Waals surface area contributed by atoms with E-state index in [0.29, 0.717) is 19.5 Å². The number of ether oxygens (including phenoxy) is 1. The molecule has 1 heterocycles. The highest BCUT2D eigenvalue weighted by molar-refractivity contribution is 5.76. The number of morpholine rings is 1. The fourth-order valence-corrected chi connectivity index (χ4v) is 3.89. The zero-order valence-corrected chi connectivity index (χ0v) is 24.1. The fraction of sp³-hybridized carbons (Fsp3) is 0.562. The highest BCUT2D eigenvalue weighted by Crippen LogP contribution is 1.99. The molecule has 0 aromatic heterocycles. The van der Waals surface area contributed by atoms with Crippen molar-refractivity contribution in [2.75, 3.05) is 59.0 Å². The van der Waals surface area contributed by atoms with Gasteiger partial charge in [-0.2, -0.15) is 0 Å². The third-order valence-electron chi connectivity index (χ3n) is 6.10. The quantitative estimate of drug-likeness (QED) is 0.194. The van der Waals surface area contributed by atoms with Gasteiger partial charge in [0, 0.05) is 45.7 Å². The zero-order valence-electron chi connectivity index (χ0n) is 24.1. The summed E-state index contributed by atoms with van der Waals surface area (Å²) in [5.41, 5.74) is 5.39. The van der Waals surface area contributed by atoms with Gasteiger partial charge in [-0.25, -0.2) is 0 Å². The van der Waals surface area contributed by atoms with Crippen molar-refractivity contribution in [3.05, 3.63) is 72.9 Å². The normalized spacial score (nSPS) is 15.4. The van der Waals surface area contributed by atoms with E-state index in [1.54, 1.807) is 0 Å². The Labute approximate surface area is 237 Å². The number of hydrogen-bond donors (Lipinski definition) is 2. The lowest BCUT2D eigenvalue weighted by atomic mass is 10.2. The van der Waals surface area contributed by atoms with Crippen molar-refractivity contribution < 1.29 is 14.3 Å². The number of carbonyl (C=O) groups is 2. The molecule has 1 saturated heterocycles. The molecule has 39 heavy (non-hydrogen) atoms. The van der Waals surface area contributed by atoms with Gasteiger partial charge in [-0.3, -0.25) is 19.4 Å². The Kier molecular flexibility index (Phi) is 22.4. The summed E-state index contributed by atoms with van der Waals surface area (Å²) in [6.07, 6.45) is 33.2. The molecule has 0 saturated carbocycles. The first-order valence-corrected chi connectivity index (χ1v) is 14.6. The molecule has 1 aliphatic rings. The van der Waals surface area contributed by atoms with Gasteiger partial charge in [0.1, 0.15) is 0 Å². The maximum Gasteiger partial charge on any atom is 0.231 e. The maximum atomic E-state index is 12.1. The summed E-state index contributed by atoms with van der Waals surface area (Å²) in [7, 11) is 0. The minimum absolute atomic E-state index is 0.0294. The Bertz CT molecular complexity index is 808. The molecule has 0 atom stereocenters. The van der Waals surface area contributed by atoms with Crippen molar-refractivity contribution in [2.45, 2.75) is 58.3 Å². The summed E-state index contributed by atoms with van der Waals surface area (Å²) >= 11 is 0. The van der Waals surface area contributed by atoms with Gasteiger partial charge in [0.2, 0.25) is 11.8 Å². The second-order valence-corrected chi connectivity index (χ2v) is 9.50. The predicted molar refractivity (Wildman–Crippen MR) is 163 cm³/mol. The number of rotatable bonds is 22. The Hall–Kier alpha value is -2.74. The zero-order chi connectivity index (χ0) is 28.2. The summed E-state index contributed by atoms with van der Waals surface area (Å²) in [5, 5.41) is 2.95. The van der Waals surface area contributed by atoms with E-state index in [0.717, 1.165) is 84.3 Å². The van der Waals surface area contributed by atoms with Crippen LogP contribution in [-0.2, 0) is 14.3 Å². The third-order valence-corrected chi connectivity index (χ3v) is 6.10. The first kappa shape index (κ1) is 34.3. The van der Waals surface area contributed by atoms with Gasteiger partial charge in [0.05, 0.1) is 19.8 Å². The first-order chi connectivity index (χ1) is 19.1. The molecule has 0 aliphatic carbocycles. The largest absolute Gasteiger partial charge is 0.379 e. The van der Waals surface area contributed by atoms with Crippen LogP contribution >= 0.6 is 0 Å². The van der Waals surface area contributed by atoms with Gasteiger partial charge in [0.15, 0.2) is 0 Å². The monoisotopic (exact) mass is 540 g/mol. The lowest BCUT2D eigenvalue weighted by Gasteiger charge is -2.29. The number of primary amides is 1. The van der Waals surface area contributed by atoms with Crippen LogP contribution in [0, 0.1) is 0 Å². The van der Waals surface area contributed by atoms with Crippen LogP contribution in [0.1, 0.15) is 58.3 Å². The number of hydrogen-bond acceptors (Lipinski definition) is 5. The Morgan fingerprint density at radius 1 is 0.795 bits per heavy atom. The average Bonchev–Trinajstić information content (AvgIpc) is 2.93. The number of nitrogens with zero attached hydrogens (tertiary/aromatic N) is 2. The summed E-state index contributed by atoms with van der Waals surface area (Å²) < 4.78 is 5.37. The van der Waals surface area contributed by atoms with Crippen molar-refractivity contribution in [2.24, 2.45) is 5.73 Å². The molecular weight excluding hydrogens is 488 g/mol. The van der Waals surface area contributed by atoms with E-state index in [2.05, 4.69) is 90.1 Å². The first-order valence-electron chi connectivity index (χ1n) is 14.6. The Morgan fingerprint density at radius 3 is 1.82 bits per heavy atom. The van der Waals surface area contributed by atoms with E-state index >= 15 is 0 Å². The highest BCUT2D eigenvalue weighted by atomic mass is 16.5. The van der Waals surface area contributed by atoms with Crippen molar-refractivity contribution in [3.8, 4) is 0 Å². The molecule has 7 heteroatoms. The van der Waals surface area contributed by atoms with Crippen LogP contribution in [-0.4, -0.2) is 80.6 Å². The molecule has 2 amide bonds. The minimum atomic E-state index is -0.346. The van der Waals surface area contributed by atoms with Crippen molar-refractivity contribution in [3.63, 3.8) is 0 Å². The maximum absolute atomic E-state index is 12.1. The molecule has 0 radical (unpaired) electrons. The van der Waals surface area contributed by atoms with Crippen LogP contribution < -0.4 is 11.1 Å². The second kappa shape index (κ2) is 25.5. The molecule has 7 nitrogen and oxygen atoms in total. The third kappa shape index (κ3) is 22.9. The van der Waals surface area contributed by atoms with Gasteiger partial charge >= 0.3 is 0 Å². The van der Waals surface area contributed by atoms with Crippen LogP contribution in [0.3, 0.4) is 0 Å². The molecule has 1 fully saturated rings. The molecule has 0 unspecified atom stereocenters. The van der Waals surface area contributed by atoms with Crippen LogP contribution in [0.4, 0.5) is 0 Å². The Morgan fingerprint density at radius 2 is 1.31 bits per heavy atom. The van der Waals surface area contributed by atoms with Gasteiger partial charge in [-0.05, 0) is 44.9 Å². The van der Waals surface area contributed by atoms with E-state index in [1.807, 2.05) is 4.90 Å². The molecule has 1 rings (SSSR count). The average molecular weight is 541 g/mol. The smallest absolute Gasteiger partial charge is 0.231 e. The van der Waals surface area contributed by atoms with Crippen molar-refractivity contribution in [1.29, 1.82) is 0 Å². The topological polar surface area (TPSA) is 87.9 Å². The van der Waals surface area contributed by atoms with Crippen LogP contribution in [0.5, 0.6) is 0 Å². The molecule has 3 N–H and O–H groups in total. The van der Waals surface area contributed by atoms with E-state index in [-0.39, 0.29) is 18.4 Å². The van der Waals surface area contributed by atoms with Gasteiger partial charge in [0.25, 0.3) is 0 Å². The molecule has 0 aromatic rings. The van der Waals surface area contributed by atoms with E-state index < -0.39 is 0 Å². The number of amides is 2. The van der Waals surface area contributed by atoms with E-state index in [4.69, 9.17) is 10.5 Å². The molecule has 1 aliphatic heterocycles. The number of allylic oxidation sites excluding steroid dienone is 12. The lowest BCUT2D eigenvalue weighted by Crippen LogP contribution is -2.45. The van der Waals surface area contributed by atoms with Crippen LogP contribution in [0.25, 0.3) is 0 Å². The SMILES string of the molecule is CC/C=C\C/C=C\C/C=C\C/C=C\C/C=C\C/C=C\CCC(=O)NCCN(CCN1CCOCC1)CC(N)=O. The highest BCUT2D eigenvalue weighted by Gasteiger charge is 2.14. The number of carbonyl (C=O) groups excluding carboxylic acids is 2. The summed E-state index contributed by atoms with van der Waals surface area (Å²) in [6, 6.07) is 0. The number of nitrogens with two attached hydrogens (primary N) is 1. The summed E-state index contributed by atoms with van der Waals surface area (Å²) in [6.45, 7) is 8.43. The van der Waals surface area contributed by atoms with Crippen molar-refractivity contribution in [1.82, 2.24) is 15.1 Å². The molecule has 218 valence electrons. The molecule has 0 bridgehead atoms. The standard InChI is InChI=1S/C32H52N4O3/c1-2-3-4-5-6-7-8-9-10-11-12-13-14-15-16-17-18-19-20-21-32(38)34-22-23-36(30-31(33)37)25-24-35-26-28-39-29-27-35/h3-4,6-7,9-10,12-13,15-16,18-19H,2,5,8,11,14,17,20-30H2,1H3,(H2,33,37)(H,34,38)/b4-3-,7-6-,10-9-,13-12-,16-15-,19-18-.